The Kier molecular flexibility index (Phi) is 8.12. The van der Waals surface area contributed by atoms with Gasteiger partial charge < -0.3 is 18.9 Å². The van der Waals surface area contributed by atoms with Gasteiger partial charge in [-0.3, -0.25) is 9.08 Å². The van der Waals surface area contributed by atoms with E-state index in [0.717, 1.165) is 19.1 Å². The molecule has 1 aliphatic heterocycles. The molecular weight excluding hydrogens is 476 g/mol. The minimum Gasteiger partial charge on any atom is -0.489 e. The fraction of sp³-hybridized carbons (Fsp3) is 0.682. The van der Waals surface area contributed by atoms with Crippen molar-refractivity contribution in [1.29, 1.82) is 0 Å². The first-order valence-electron chi connectivity index (χ1n) is 11.0. The maximum absolute atomic E-state index is 12.8. The molecule has 12 heteroatoms. The second-order valence-corrected chi connectivity index (χ2v) is 11.1. The largest absolute Gasteiger partial charge is 0.489 e. The fourth-order valence-electron chi connectivity index (χ4n) is 3.42. The molecule has 2 atom stereocenters. The molecule has 1 aliphatic carbocycles. The summed E-state index contributed by atoms with van der Waals surface area (Å²) >= 11 is 0. The van der Waals surface area contributed by atoms with E-state index in [1.807, 2.05) is 0 Å². The van der Waals surface area contributed by atoms with Crippen LogP contribution in [0.5, 0.6) is 17.2 Å². The fourth-order valence-corrected chi connectivity index (χ4v) is 3.82. The molecule has 9 nitrogen and oxygen atoms in total. The van der Waals surface area contributed by atoms with E-state index in [2.05, 4.69) is 4.74 Å². The van der Waals surface area contributed by atoms with Crippen LogP contribution in [-0.4, -0.2) is 69.8 Å². The summed E-state index contributed by atoms with van der Waals surface area (Å²) < 4.78 is 75.0. The number of rotatable bonds is 10. The topological polar surface area (TPSA) is 101 Å². The van der Waals surface area contributed by atoms with E-state index >= 15 is 0 Å². The highest BCUT2D eigenvalue weighted by molar-refractivity contribution is 7.85. The van der Waals surface area contributed by atoms with Crippen molar-refractivity contribution < 1.29 is 45.1 Å². The van der Waals surface area contributed by atoms with Gasteiger partial charge in [0, 0.05) is 12.5 Å². The molecule has 1 saturated carbocycles. The number of nitrogens with zero attached hydrogens (tertiary/aromatic N) is 1. The van der Waals surface area contributed by atoms with Crippen molar-refractivity contribution in [3.63, 3.8) is 0 Å². The van der Waals surface area contributed by atoms with Crippen LogP contribution >= 0.6 is 0 Å². The highest BCUT2D eigenvalue weighted by Gasteiger charge is 2.39. The Hall–Kier alpha value is -2.34. The molecule has 0 spiro atoms. The molecule has 0 aromatic heterocycles. The molecule has 0 unspecified atom stereocenters. The number of ether oxygens (including phenoxy) is 4. The monoisotopic (exact) mass is 507 g/mol. The molecule has 1 aromatic rings. The SMILES string of the molecule is CC(C)(C)OC(=O)N1C[C@@H](Oc2ccc(OC(F)F)c(OCC3CC3)c2)C[C@@H]1COS(C)(=O)=O. The van der Waals surface area contributed by atoms with Crippen LogP contribution in [0, 0.1) is 5.92 Å². The molecule has 2 aliphatic rings. The Morgan fingerprint density at radius 1 is 1.18 bits per heavy atom. The molecule has 1 amide bonds. The minimum atomic E-state index is -3.71. The normalized spacial score (nSPS) is 21.0. The molecule has 1 heterocycles. The van der Waals surface area contributed by atoms with Crippen LogP contribution in [-0.2, 0) is 19.0 Å². The Morgan fingerprint density at radius 2 is 1.88 bits per heavy atom. The minimum absolute atomic E-state index is 0.0933. The lowest BCUT2D eigenvalue weighted by Crippen LogP contribution is -2.42. The average molecular weight is 508 g/mol. The predicted molar refractivity (Wildman–Crippen MR) is 118 cm³/mol. The van der Waals surface area contributed by atoms with Crippen LogP contribution in [0.15, 0.2) is 18.2 Å². The summed E-state index contributed by atoms with van der Waals surface area (Å²) in [5.74, 6) is 0.788. The van der Waals surface area contributed by atoms with Gasteiger partial charge in [-0.15, -0.1) is 0 Å². The number of carbonyl (C=O) groups is 1. The van der Waals surface area contributed by atoms with Gasteiger partial charge >= 0.3 is 12.7 Å². The van der Waals surface area contributed by atoms with Gasteiger partial charge in [-0.05, 0) is 51.7 Å². The van der Waals surface area contributed by atoms with Crippen molar-refractivity contribution in [2.75, 3.05) is 26.0 Å². The lowest BCUT2D eigenvalue weighted by Gasteiger charge is -2.28. The van der Waals surface area contributed by atoms with Crippen molar-refractivity contribution in [2.45, 2.75) is 64.4 Å². The van der Waals surface area contributed by atoms with E-state index in [1.54, 1.807) is 20.8 Å². The second-order valence-electron chi connectivity index (χ2n) is 9.49. The third-order valence-corrected chi connectivity index (χ3v) is 5.65. The number of halogens is 2. The van der Waals surface area contributed by atoms with Gasteiger partial charge in [0.15, 0.2) is 11.5 Å². The number of amides is 1. The molecule has 1 aromatic carbocycles. The summed E-state index contributed by atoms with van der Waals surface area (Å²) in [7, 11) is -3.71. The molecule has 1 saturated heterocycles. The van der Waals surface area contributed by atoms with Gasteiger partial charge in [-0.2, -0.15) is 17.2 Å². The van der Waals surface area contributed by atoms with Crippen LogP contribution in [0.2, 0.25) is 0 Å². The Bertz CT molecular complexity index is 962. The van der Waals surface area contributed by atoms with Gasteiger partial charge in [0.2, 0.25) is 0 Å². The number of likely N-dealkylation sites (tertiary alicyclic amines) is 1. The molecule has 192 valence electrons. The smallest absolute Gasteiger partial charge is 0.410 e. The molecule has 3 rings (SSSR count). The van der Waals surface area contributed by atoms with E-state index in [4.69, 9.17) is 18.4 Å². The third-order valence-electron chi connectivity index (χ3n) is 5.08. The zero-order valence-electron chi connectivity index (χ0n) is 19.7. The van der Waals surface area contributed by atoms with E-state index in [9.17, 15) is 22.0 Å². The molecule has 34 heavy (non-hydrogen) atoms. The van der Waals surface area contributed by atoms with Crippen molar-refractivity contribution in [2.24, 2.45) is 5.92 Å². The Labute approximate surface area is 198 Å². The first kappa shape index (κ1) is 26.3. The lowest BCUT2D eigenvalue weighted by atomic mass is 10.2. The maximum Gasteiger partial charge on any atom is 0.410 e. The summed E-state index contributed by atoms with van der Waals surface area (Å²) in [5, 5.41) is 0. The summed E-state index contributed by atoms with van der Waals surface area (Å²) in [5.41, 5.74) is -0.743. The van der Waals surface area contributed by atoms with Crippen LogP contribution in [0.25, 0.3) is 0 Å². The molecule has 0 N–H and O–H groups in total. The van der Waals surface area contributed by atoms with Crippen LogP contribution in [0.1, 0.15) is 40.0 Å². The van der Waals surface area contributed by atoms with E-state index < -0.39 is 40.6 Å². The summed E-state index contributed by atoms with van der Waals surface area (Å²) in [4.78, 5) is 14.1. The van der Waals surface area contributed by atoms with Gasteiger partial charge in [-0.1, -0.05) is 0 Å². The highest BCUT2D eigenvalue weighted by Crippen LogP contribution is 2.37. The molecular formula is C22H31F2NO8S. The average Bonchev–Trinajstić information content (AvgIpc) is 3.43. The molecule has 0 radical (unpaired) electrons. The van der Waals surface area contributed by atoms with Crippen LogP contribution < -0.4 is 14.2 Å². The van der Waals surface area contributed by atoms with Crippen LogP contribution in [0.3, 0.4) is 0 Å². The lowest BCUT2D eigenvalue weighted by molar-refractivity contribution is -0.0516. The van der Waals surface area contributed by atoms with Crippen molar-refractivity contribution in [3.05, 3.63) is 18.2 Å². The number of alkyl halides is 2. The third kappa shape index (κ3) is 8.46. The zero-order valence-corrected chi connectivity index (χ0v) is 20.5. The Morgan fingerprint density at radius 3 is 2.47 bits per heavy atom. The maximum atomic E-state index is 12.8. The van der Waals surface area contributed by atoms with Crippen LogP contribution in [0.4, 0.5) is 13.6 Å². The van der Waals surface area contributed by atoms with E-state index in [-0.39, 0.29) is 31.1 Å². The van der Waals surface area contributed by atoms with E-state index in [1.165, 1.54) is 23.1 Å². The highest BCUT2D eigenvalue weighted by atomic mass is 32.2. The van der Waals surface area contributed by atoms with Crippen molar-refractivity contribution >= 4 is 16.2 Å². The molecule has 0 bridgehead atoms. The second kappa shape index (κ2) is 10.5. The van der Waals surface area contributed by atoms with E-state index in [0.29, 0.717) is 18.3 Å². The number of carbonyl (C=O) groups excluding carboxylic acids is 1. The summed E-state index contributed by atoms with van der Waals surface area (Å²) in [6.45, 7) is 2.46. The van der Waals surface area contributed by atoms with Gasteiger partial charge in [-0.25, -0.2) is 4.79 Å². The summed E-state index contributed by atoms with van der Waals surface area (Å²) in [6.07, 6.45) is 2.14. The van der Waals surface area contributed by atoms with Gasteiger partial charge in [0.25, 0.3) is 10.1 Å². The first-order valence-corrected chi connectivity index (χ1v) is 12.8. The predicted octanol–water partition coefficient (Wildman–Crippen LogP) is 3.81. The van der Waals surface area contributed by atoms with Gasteiger partial charge in [0.1, 0.15) is 17.5 Å². The number of hydrogen-bond donors (Lipinski definition) is 0. The quantitative estimate of drug-likeness (QED) is 0.441. The number of benzene rings is 1. The zero-order chi connectivity index (χ0) is 25.1. The van der Waals surface area contributed by atoms with Crippen molar-refractivity contribution in [1.82, 2.24) is 4.90 Å². The standard InChI is InChI=1S/C22H31F2NO8S/c1-22(2,3)33-21(26)25-11-17(9-15(25)13-30-34(4,27)28)31-16-7-8-18(32-20(23)24)19(10-16)29-12-14-5-6-14/h7-8,10,14-15,17,20H,5-6,9,11-13H2,1-4H3/t15-,17+/m1/s1. The van der Waals surface area contributed by atoms with Gasteiger partial charge in [0.05, 0.1) is 32.1 Å². The first-order chi connectivity index (χ1) is 15.8. The number of hydrogen-bond acceptors (Lipinski definition) is 8. The molecule has 2 fully saturated rings. The van der Waals surface area contributed by atoms with Crippen molar-refractivity contribution in [3.8, 4) is 17.2 Å². The Balaban J connectivity index is 1.72. The summed E-state index contributed by atoms with van der Waals surface area (Å²) in [6, 6.07) is 3.69.